The SMILES string of the molecule is CNC1C2COCC21. The average Bonchev–Trinajstić information content (AvgIpc) is 2.22. The number of hydrogen-bond donors (Lipinski definition) is 1. The van der Waals surface area contributed by atoms with Gasteiger partial charge in [0.05, 0.1) is 13.2 Å². The number of hydrogen-bond acceptors (Lipinski definition) is 2. The molecular formula is C6H11NO. The van der Waals surface area contributed by atoms with Gasteiger partial charge in [0.25, 0.3) is 0 Å². The average molecular weight is 113 g/mol. The fourth-order valence-electron chi connectivity index (χ4n) is 1.67. The lowest BCUT2D eigenvalue weighted by Crippen LogP contribution is -2.17. The van der Waals surface area contributed by atoms with Crippen LogP contribution in [0.15, 0.2) is 0 Å². The third kappa shape index (κ3) is 0.446. The minimum atomic E-state index is 0.795. The molecule has 0 aromatic rings. The summed E-state index contributed by atoms with van der Waals surface area (Å²) in [5.41, 5.74) is 0. The van der Waals surface area contributed by atoms with E-state index >= 15 is 0 Å². The number of nitrogens with one attached hydrogen (secondary N) is 1. The third-order valence-corrected chi connectivity index (χ3v) is 2.29. The molecule has 1 saturated heterocycles. The molecule has 1 N–H and O–H groups in total. The van der Waals surface area contributed by atoms with Crippen LogP contribution >= 0.6 is 0 Å². The molecule has 2 fully saturated rings. The zero-order valence-corrected chi connectivity index (χ0v) is 5.05. The molecule has 0 radical (unpaired) electrons. The normalized spacial score (nSPS) is 51.4. The Morgan fingerprint density at radius 1 is 1.38 bits per heavy atom. The second-order valence-electron chi connectivity index (χ2n) is 2.68. The predicted octanol–water partition coefficient (Wildman–Crippen LogP) is -0.149. The van der Waals surface area contributed by atoms with Gasteiger partial charge in [0.1, 0.15) is 0 Å². The van der Waals surface area contributed by atoms with Crippen LogP contribution in [0.2, 0.25) is 0 Å². The molecule has 46 valence electrons. The van der Waals surface area contributed by atoms with Crippen LogP contribution in [-0.2, 0) is 4.74 Å². The lowest BCUT2D eigenvalue weighted by molar-refractivity contribution is 0.157. The number of fused-ring (bicyclic) bond motifs is 1. The van der Waals surface area contributed by atoms with Gasteiger partial charge in [-0.2, -0.15) is 0 Å². The van der Waals surface area contributed by atoms with Gasteiger partial charge in [-0.3, -0.25) is 0 Å². The van der Waals surface area contributed by atoms with Crippen LogP contribution in [-0.4, -0.2) is 26.3 Å². The van der Waals surface area contributed by atoms with Crippen molar-refractivity contribution in [2.24, 2.45) is 11.8 Å². The smallest absolute Gasteiger partial charge is 0.0513 e. The van der Waals surface area contributed by atoms with Crippen molar-refractivity contribution in [3.8, 4) is 0 Å². The van der Waals surface area contributed by atoms with E-state index in [1.165, 1.54) is 0 Å². The summed E-state index contributed by atoms with van der Waals surface area (Å²) in [6.07, 6.45) is 0. The molecule has 2 rings (SSSR count). The van der Waals surface area contributed by atoms with Crippen molar-refractivity contribution < 1.29 is 4.74 Å². The Morgan fingerprint density at radius 3 is 2.38 bits per heavy atom. The molecule has 0 amide bonds. The van der Waals surface area contributed by atoms with E-state index in [4.69, 9.17) is 4.74 Å². The van der Waals surface area contributed by atoms with Gasteiger partial charge in [-0.25, -0.2) is 0 Å². The summed E-state index contributed by atoms with van der Waals surface area (Å²) in [6.45, 7) is 1.99. The minimum Gasteiger partial charge on any atom is -0.381 e. The Hall–Kier alpha value is -0.0800. The highest BCUT2D eigenvalue weighted by Crippen LogP contribution is 2.43. The van der Waals surface area contributed by atoms with Crippen LogP contribution in [0.5, 0.6) is 0 Å². The van der Waals surface area contributed by atoms with Gasteiger partial charge in [-0.1, -0.05) is 0 Å². The highest BCUT2D eigenvalue weighted by Gasteiger charge is 2.52. The first-order valence-electron chi connectivity index (χ1n) is 3.18. The van der Waals surface area contributed by atoms with Crippen molar-refractivity contribution in [2.45, 2.75) is 6.04 Å². The van der Waals surface area contributed by atoms with Crippen molar-refractivity contribution in [3.63, 3.8) is 0 Å². The maximum absolute atomic E-state index is 5.20. The maximum atomic E-state index is 5.20. The number of rotatable bonds is 1. The molecule has 1 heterocycles. The Bertz CT molecular complexity index is 87.9. The van der Waals surface area contributed by atoms with E-state index in [9.17, 15) is 0 Å². The monoisotopic (exact) mass is 113 g/mol. The lowest BCUT2D eigenvalue weighted by atomic mass is 10.4. The summed E-state index contributed by atoms with van der Waals surface area (Å²) < 4.78 is 5.20. The van der Waals surface area contributed by atoms with E-state index in [1.54, 1.807) is 0 Å². The molecule has 2 unspecified atom stereocenters. The highest BCUT2D eigenvalue weighted by atomic mass is 16.5. The zero-order valence-electron chi connectivity index (χ0n) is 5.05. The van der Waals surface area contributed by atoms with Gasteiger partial charge in [-0.15, -0.1) is 0 Å². The molecule has 0 aromatic heterocycles. The lowest BCUT2D eigenvalue weighted by Gasteiger charge is -1.99. The molecule has 1 saturated carbocycles. The van der Waals surface area contributed by atoms with E-state index in [-0.39, 0.29) is 0 Å². The summed E-state index contributed by atoms with van der Waals surface area (Å²) in [6, 6.07) is 0.795. The molecular weight excluding hydrogens is 102 g/mol. The van der Waals surface area contributed by atoms with Crippen molar-refractivity contribution in [1.82, 2.24) is 5.32 Å². The zero-order chi connectivity index (χ0) is 5.56. The van der Waals surface area contributed by atoms with Crippen LogP contribution in [0.4, 0.5) is 0 Å². The molecule has 0 bridgehead atoms. The summed E-state index contributed by atoms with van der Waals surface area (Å²) in [5, 5.41) is 3.26. The molecule has 1 aliphatic heterocycles. The van der Waals surface area contributed by atoms with Crippen molar-refractivity contribution in [1.29, 1.82) is 0 Å². The van der Waals surface area contributed by atoms with E-state index in [1.807, 2.05) is 7.05 Å². The predicted molar refractivity (Wildman–Crippen MR) is 30.6 cm³/mol. The van der Waals surface area contributed by atoms with E-state index in [0.717, 1.165) is 31.1 Å². The first-order valence-corrected chi connectivity index (χ1v) is 3.18. The minimum absolute atomic E-state index is 0.795. The summed E-state index contributed by atoms with van der Waals surface area (Å²) in [7, 11) is 2.03. The van der Waals surface area contributed by atoms with Gasteiger partial charge in [0, 0.05) is 17.9 Å². The third-order valence-electron chi connectivity index (χ3n) is 2.29. The van der Waals surface area contributed by atoms with Crippen LogP contribution in [0.25, 0.3) is 0 Å². The fourth-order valence-corrected chi connectivity index (χ4v) is 1.67. The van der Waals surface area contributed by atoms with Gasteiger partial charge >= 0.3 is 0 Å². The number of ether oxygens (including phenoxy) is 1. The van der Waals surface area contributed by atoms with Crippen LogP contribution in [0.1, 0.15) is 0 Å². The van der Waals surface area contributed by atoms with Gasteiger partial charge in [-0.05, 0) is 7.05 Å². The van der Waals surface area contributed by atoms with Crippen LogP contribution in [0.3, 0.4) is 0 Å². The van der Waals surface area contributed by atoms with E-state index in [0.29, 0.717) is 0 Å². The second-order valence-corrected chi connectivity index (χ2v) is 2.68. The van der Waals surface area contributed by atoms with Gasteiger partial charge in [0.2, 0.25) is 0 Å². The quantitative estimate of drug-likeness (QED) is 0.510. The highest BCUT2D eigenvalue weighted by molar-refractivity contribution is 5.05. The molecule has 8 heavy (non-hydrogen) atoms. The molecule has 1 aliphatic carbocycles. The first kappa shape index (κ1) is 4.77. The Balaban J connectivity index is 1.94. The van der Waals surface area contributed by atoms with E-state index < -0.39 is 0 Å². The Labute approximate surface area is 49.2 Å². The van der Waals surface area contributed by atoms with Gasteiger partial charge < -0.3 is 10.1 Å². The van der Waals surface area contributed by atoms with Crippen LogP contribution in [0, 0.1) is 11.8 Å². The van der Waals surface area contributed by atoms with E-state index in [2.05, 4.69) is 5.32 Å². The van der Waals surface area contributed by atoms with Gasteiger partial charge in [0.15, 0.2) is 0 Å². The largest absolute Gasteiger partial charge is 0.381 e. The second kappa shape index (κ2) is 1.45. The molecule has 0 spiro atoms. The van der Waals surface area contributed by atoms with Crippen molar-refractivity contribution >= 4 is 0 Å². The first-order chi connectivity index (χ1) is 3.93. The Kier molecular flexibility index (Phi) is 0.866. The van der Waals surface area contributed by atoms with Crippen LogP contribution < -0.4 is 5.32 Å². The molecule has 2 aliphatic rings. The Morgan fingerprint density at radius 2 is 2.00 bits per heavy atom. The van der Waals surface area contributed by atoms with Crippen molar-refractivity contribution in [2.75, 3.05) is 20.3 Å². The standard InChI is InChI=1S/C6H11NO/c1-7-6-4-2-8-3-5(4)6/h4-7H,2-3H2,1H3. The molecule has 0 aromatic carbocycles. The summed E-state index contributed by atoms with van der Waals surface area (Å²) in [5.74, 6) is 1.72. The fraction of sp³-hybridized carbons (Fsp3) is 1.00. The summed E-state index contributed by atoms with van der Waals surface area (Å²) in [4.78, 5) is 0. The molecule has 2 atom stereocenters. The van der Waals surface area contributed by atoms with Crippen molar-refractivity contribution in [3.05, 3.63) is 0 Å². The summed E-state index contributed by atoms with van der Waals surface area (Å²) >= 11 is 0. The molecule has 2 nitrogen and oxygen atoms in total. The maximum Gasteiger partial charge on any atom is 0.0513 e. The topological polar surface area (TPSA) is 21.3 Å². The molecule has 2 heteroatoms.